The molecule has 0 bridgehead atoms. The van der Waals surface area contributed by atoms with Crippen LogP contribution in [0.3, 0.4) is 0 Å². The maximum Gasteiger partial charge on any atom is 0.264 e. The minimum atomic E-state index is -0.0697. The molecule has 3 N–H and O–H groups in total. The molecule has 3 aromatic heterocycles. The summed E-state index contributed by atoms with van der Waals surface area (Å²) in [6.07, 6.45) is 0. The molecule has 0 aliphatic heterocycles. The number of carbonyl (C=O) groups excluding carboxylic acids is 1. The van der Waals surface area contributed by atoms with Crippen LogP contribution in [0.5, 0.6) is 0 Å². The van der Waals surface area contributed by atoms with Crippen molar-refractivity contribution in [2.24, 2.45) is 5.73 Å². The number of pyridine rings is 1. The molecule has 0 fully saturated rings. The number of H-pyrrole nitrogens is 1. The van der Waals surface area contributed by atoms with Crippen LogP contribution in [0.15, 0.2) is 18.2 Å². The van der Waals surface area contributed by atoms with Gasteiger partial charge in [0.15, 0.2) is 0 Å². The average molecular weight is 413 g/mol. The average Bonchev–Trinajstić information content (AvgIpc) is 3.18. The Balaban J connectivity index is 2.09. The van der Waals surface area contributed by atoms with Gasteiger partial charge in [-0.25, -0.2) is 0 Å². The fourth-order valence-corrected chi connectivity index (χ4v) is 5.17. The van der Waals surface area contributed by atoms with E-state index < -0.39 is 0 Å². The number of fused-ring (bicyclic) bond motifs is 1. The molecule has 0 spiro atoms. The van der Waals surface area contributed by atoms with Gasteiger partial charge in [0.05, 0.1) is 20.8 Å². The van der Waals surface area contributed by atoms with E-state index in [9.17, 15) is 4.79 Å². The molecule has 156 valence electrons. The Bertz CT molecular complexity index is 1010. The maximum atomic E-state index is 13.2. The molecule has 29 heavy (non-hydrogen) atoms. The molecular weight excluding hydrogens is 380 g/mol. The first-order valence-electron chi connectivity index (χ1n) is 10.3. The highest BCUT2D eigenvalue weighted by Gasteiger charge is 2.26. The van der Waals surface area contributed by atoms with Gasteiger partial charge in [0.25, 0.3) is 5.91 Å². The van der Waals surface area contributed by atoms with Crippen molar-refractivity contribution in [1.82, 2.24) is 14.9 Å². The Morgan fingerprint density at radius 1 is 1.17 bits per heavy atom. The van der Waals surface area contributed by atoms with Crippen LogP contribution in [0.4, 0.5) is 0 Å². The third kappa shape index (κ3) is 4.09. The minimum absolute atomic E-state index is 0.00385. The molecule has 3 rings (SSSR count). The molecule has 0 aliphatic rings. The van der Waals surface area contributed by atoms with Crippen LogP contribution in [0, 0.1) is 13.8 Å². The second-order valence-corrected chi connectivity index (χ2v) is 9.30. The molecule has 0 radical (unpaired) electrons. The van der Waals surface area contributed by atoms with Gasteiger partial charge in [-0.1, -0.05) is 13.8 Å². The van der Waals surface area contributed by atoms with Crippen LogP contribution in [0.2, 0.25) is 0 Å². The van der Waals surface area contributed by atoms with E-state index in [0.29, 0.717) is 12.5 Å². The monoisotopic (exact) mass is 412 g/mol. The Kier molecular flexibility index (Phi) is 6.15. The zero-order valence-corrected chi connectivity index (χ0v) is 19.3. The fourth-order valence-electron chi connectivity index (χ4n) is 3.90. The first-order valence-corrected chi connectivity index (χ1v) is 11.1. The predicted molar refractivity (Wildman–Crippen MR) is 123 cm³/mol. The van der Waals surface area contributed by atoms with Crippen molar-refractivity contribution >= 4 is 27.5 Å². The van der Waals surface area contributed by atoms with Gasteiger partial charge in [0.2, 0.25) is 0 Å². The van der Waals surface area contributed by atoms with Crippen molar-refractivity contribution in [2.45, 2.75) is 66.5 Å². The SMILES string of the molecule is CCN(C(=O)c1cc2[nH]c(-c3cc(C)nc(C)c3)c(C(C)C)c2s1)C(C)C(C)N. The lowest BCUT2D eigenvalue weighted by Crippen LogP contribution is -2.47. The Morgan fingerprint density at radius 3 is 2.31 bits per heavy atom. The Labute approximate surface area is 177 Å². The molecule has 0 saturated heterocycles. The van der Waals surface area contributed by atoms with Gasteiger partial charge in [-0.3, -0.25) is 9.78 Å². The quantitative estimate of drug-likeness (QED) is 0.582. The summed E-state index contributed by atoms with van der Waals surface area (Å²) in [4.78, 5) is 23.9. The van der Waals surface area contributed by atoms with Crippen LogP contribution in [-0.2, 0) is 0 Å². The number of nitrogens with one attached hydrogen (secondary N) is 1. The molecule has 6 heteroatoms. The van der Waals surface area contributed by atoms with E-state index in [1.807, 2.05) is 45.6 Å². The van der Waals surface area contributed by atoms with Crippen LogP contribution >= 0.6 is 11.3 Å². The van der Waals surface area contributed by atoms with Crippen LogP contribution in [0.25, 0.3) is 21.5 Å². The van der Waals surface area contributed by atoms with E-state index in [1.54, 1.807) is 11.3 Å². The number of nitrogens with two attached hydrogens (primary N) is 1. The standard InChI is InChI=1S/C23H32N4OS/c1-8-27(16(7)15(6)24)23(28)19-11-18-22(29-19)20(12(2)3)21(26-18)17-9-13(4)25-14(5)10-17/h9-12,15-16,26H,8,24H2,1-7H3. The summed E-state index contributed by atoms with van der Waals surface area (Å²) in [6, 6.07) is 6.15. The van der Waals surface area contributed by atoms with Crippen molar-refractivity contribution in [3.8, 4) is 11.3 Å². The molecule has 0 aliphatic carbocycles. The number of aromatic amines is 1. The summed E-state index contributed by atoms with van der Waals surface area (Å²) in [5.74, 6) is 0.387. The highest BCUT2D eigenvalue weighted by atomic mass is 32.1. The molecule has 0 saturated carbocycles. The lowest BCUT2D eigenvalue weighted by atomic mass is 9.99. The van der Waals surface area contributed by atoms with Crippen molar-refractivity contribution in [2.75, 3.05) is 6.54 Å². The largest absolute Gasteiger partial charge is 0.354 e. The molecule has 3 aromatic rings. The highest BCUT2D eigenvalue weighted by Crippen LogP contribution is 2.40. The van der Waals surface area contributed by atoms with E-state index in [-0.39, 0.29) is 18.0 Å². The Hall–Kier alpha value is -2.18. The van der Waals surface area contributed by atoms with E-state index in [4.69, 9.17) is 5.73 Å². The number of aromatic nitrogens is 2. The van der Waals surface area contributed by atoms with Crippen molar-refractivity contribution in [3.63, 3.8) is 0 Å². The van der Waals surface area contributed by atoms with Gasteiger partial charge in [-0.15, -0.1) is 11.3 Å². The summed E-state index contributed by atoms with van der Waals surface area (Å²) in [6.45, 7) is 15.0. The summed E-state index contributed by atoms with van der Waals surface area (Å²) in [5, 5.41) is 0. The molecule has 0 aromatic carbocycles. The summed E-state index contributed by atoms with van der Waals surface area (Å²) in [7, 11) is 0. The second-order valence-electron chi connectivity index (χ2n) is 8.25. The summed E-state index contributed by atoms with van der Waals surface area (Å²) >= 11 is 1.58. The topological polar surface area (TPSA) is 75.0 Å². The lowest BCUT2D eigenvalue weighted by Gasteiger charge is -2.30. The predicted octanol–water partition coefficient (Wildman–Crippen LogP) is 5.23. The van der Waals surface area contributed by atoms with E-state index >= 15 is 0 Å². The zero-order valence-electron chi connectivity index (χ0n) is 18.5. The number of thiophene rings is 1. The van der Waals surface area contributed by atoms with Gasteiger partial charge < -0.3 is 15.6 Å². The van der Waals surface area contributed by atoms with Crippen LogP contribution < -0.4 is 5.73 Å². The van der Waals surface area contributed by atoms with Crippen molar-refractivity contribution in [1.29, 1.82) is 0 Å². The van der Waals surface area contributed by atoms with Crippen LogP contribution in [0.1, 0.15) is 67.2 Å². The fraction of sp³-hybridized carbons (Fsp3) is 0.478. The molecule has 2 unspecified atom stereocenters. The maximum absolute atomic E-state index is 13.2. The van der Waals surface area contributed by atoms with Gasteiger partial charge in [0, 0.05) is 35.6 Å². The molecule has 5 nitrogen and oxygen atoms in total. The number of rotatable bonds is 6. The molecule has 3 heterocycles. The smallest absolute Gasteiger partial charge is 0.264 e. The molecule has 1 amide bonds. The van der Waals surface area contributed by atoms with Crippen LogP contribution in [-0.4, -0.2) is 39.4 Å². The summed E-state index contributed by atoms with van der Waals surface area (Å²) in [5.41, 5.74) is 12.6. The third-order valence-corrected chi connectivity index (χ3v) is 6.67. The van der Waals surface area contributed by atoms with E-state index in [0.717, 1.165) is 37.7 Å². The molecule has 2 atom stereocenters. The number of amides is 1. The first kappa shape index (κ1) is 21.5. The van der Waals surface area contributed by atoms with E-state index in [1.165, 1.54) is 5.56 Å². The van der Waals surface area contributed by atoms with Gasteiger partial charge >= 0.3 is 0 Å². The van der Waals surface area contributed by atoms with Crippen molar-refractivity contribution in [3.05, 3.63) is 40.0 Å². The van der Waals surface area contributed by atoms with Gasteiger partial charge in [-0.2, -0.15) is 0 Å². The normalized spacial score (nSPS) is 13.8. The third-order valence-electron chi connectivity index (χ3n) is 5.52. The highest BCUT2D eigenvalue weighted by molar-refractivity contribution is 7.21. The van der Waals surface area contributed by atoms with Gasteiger partial charge in [0.1, 0.15) is 0 Å². The number of aryl methyl sites for hydroxylation is 2. The number of carbonyl (C=O) groups is 1. The zero-order chi connectivity index (χ0) is 21.5. The Morgan fingerprint density at radius 2 is 1.79 bits per heavy atom. The minimum Gasteiger partial charge on any atom is -0.354 e. The van der Waals surface area contributed by atoms with E-state index in [2.05, 4.69) is 35.9 Å². The van der Waals surface area contributed by atoms with Crippen molar-refractivity contribution < 1.29 is 4.79 Å². The molecular formula is C23H32N4OS. The van der Waals surface area contributed by atoms with Gasteiger partial charge in [-0.05, 0) is 64.3 Å². The lowest BCUT2D eigenvalue weighted by molar-refractivity contribution is 0.0690. The summed E-state index contributed by atoms with van der Waals surface area (Å²) < 4.78 is 1.16. The number of hydrogen-bond donors (Lipinski definition) is 2. The number of hydrogen-bond acceptors (Lipinski definition) is 4. The first-order chi connectivity index (χ1) is 13.6. The number of likely N-dealkylation sites (N-methyl/N-ethyl adjacent to an activating group) is 1. The second kappa shape index (κ2) is 8.28. The number of nitrogens with zero attached hydrogens (tertiary/aromatic N) is 2.